The van der Waals surface area contributed by atoms with Crippen LogP contribution in [0.15, 0.2) is 47.4 Å². The van der Waals surface area contributed by atoms with E-state index in [-0.39, 0.29) is 10.4 Å². The Morgan fingerprint density at radius 2 is 1.81 bits per heavy atom. The first kappa shape index (κ1) is 23.6. The van der Waals surface area contributed by atoms with Crippen LogP contribution in [0.1, 0.15) is 13.8 Å². The second kappa shape index (κ2) is 10.0. The molecule has 0 saturated heterocycles. The molecule has 10 nitrogen and oxygen atoms in total. The minimum absolute atomic E-state index is 0.0838. The predicted octanol–water partition coefficient (Wildman–Crippen LogP) is 2.18. The van der Waals surface area contributed by atoms with Gasteiger partial charge in [0.05, 0.1) is 18.8 Å². The molecule has 1 heterocycles. The average Bonchev–Trinajstić information content (AvgIpc) is 3.25. The van der Waals surface area contributed by atoms with Crippen molar-refractivity contribution < 1.29 is 27.5 Å². The van der Waals surface area contributed by atoms with E-state index in [1.165, 1.54) is 13.2 Å². The SMILES string of the molecule is COc1ccc(NC(=O)COC(=O)[C@H](NS(=O)(=O)c2cccc3nsnc23)C(C)C)cc1. The summed E-state index contributed by atoms with van der Waals surface area (Å²) in [5, 5.41) is 2.58. The molecule has 0 aliphatic heterocycles. The number of esters is 1. The number of ether oxygens (including phenoxy) is 2. The van der Waals surface area contributed by atoms with Crippen molar-refractivity contribution in [3.05, 3.63) is 42.5 Å². The number of amides is 1. The fourth-order valence-corrected chi connectivity index (χ4v) is 4.88. The summed E-state index contributed by atoms with van der Waals surface area (Å²) in [6.45, 7) is 2.76. The maximum Gasteiger partial charge on any atom is 0.324 e. The number of fused-ring (bicyclic) bond motifs is 1. The number of methoxy groups -OCH3 is 1. The maximum absolute atomic E-state index is 12.9. The monoisotopic (exact) mass is 478 g/mol. The lowest BCUT2D eigenvalue weighted by Crippen LogP contribution is -2.45. The van der Waals surface area contributed by atoms with Gasteiger partial charge in [-0.1, -0.05) is 19.9 Å². The second-order valence-corrected chi connectivity index (χ2v) is 9.33. The zero-order chi connectivity index (χ0) is 23.3. The Bertz CT molecular complexity index is 1210. The van der Waals surface area contributed by atoms with E-state index in [1.807, 2.05) is 0 Å². The van der Waals surface area contributed by atoms with Crippen molar-refractivity contribution in [2.24, 2.45) is 5.92 Å². The maximum atomic E-state index is 12.9. The molecule has 0 spiro atoms. The molecule has 0 aliphatic rings. The highest BCUT2D eigenvalue weighted by molar-refractivity contribution is 7.89. The van der Waals surface area contributed by atoms with E-state index in [0.717, 1.165) is 11.7 Å². The lowest BCUT2D eigenvalue weighted by Gasteiger charge is -2.20. The van der Waals surface area contributed by atoms with Gasteiger partial charge in [-0.3, -0.25) is 9.59 Å². The molecule has 0 aliphatic carbocycles. The molecule has 0 radical (unpaired) electrons. The van der Waals surface area contributed by atoms with Crippen LogP contribution in [-0.2, 0) is 24.3 Å². The van der Waals surface area contributed by atoms with Gasteiger partial charge in [0.1, 0.15) is 27.7 Å². The molecular weight excluding hydrogens is 456 g/mol. The molecule has 3 rings (SSSR count). The van der Waals surface area contributed by atoms with Gasteiger partial charge in [-0.25, -0.2) is 8.42 Å². The van der Waals surface area contributed by atoms with Crippen molar-refractivity contribution in [1.82, 2.24) is 13.5 Å². The van der Waals surface area contributed by atoms with Crippen LogP contribution < -0.4 is 14.8 Å². The summed E-state index contributed by atoms with van der Waals surface area (Å²) in [7, 11) is -2.57. The highest BCUT2D eigenvalue weighted by Gasteiger charge is 2.31. The molecule has 0 fully saturated rings. The van der Waals surface area contributed by atoms with Crippen molar-refractivity contribution in [3.63, 3.8) is 0 Å². The predicted molar refractivity (Wildman–Crippen MR) is 119 cm³/mol. The third-order valence-electron chi connectivity index (χ3n) is 4.46. The van der Waals surface area contributed by atoms with Gasteiger partial charge in [0.15, 0.2) is 6.61 Å². The summed E-state index contributed by atoms with van der Waals surface area (Å²) in [5.74, 6) is -1.23. The Kier molecular flexibility index (Phi) is 7.38. The van der Waals surface area contributed by atoms with Crippen LogP contribution in [0.3, 0.4) is 0 Å². The van der Waals surface area contributed by atoms with Gasteiger partial charge in [0, 0.05) is 5.69 Å². The zero-order valence-corrected chi connectivity index (χ0v) is 19.2. The minimum Gasteiger partial charge on any atom is -0.497 e. The molecule has 3 aromatic rings. The van der Waals surface area contributed by atoms with E-state index in [9.17, 15) is 18.0 Å². The van der Waals surface area contributed by atoms with Gasteiger partial charge < -0.3 is 14.8 Å². The van der Waals surface area contributed by atoms with Crippen molar-refractivity contribution in [1.29, 1.82) is 0 Å². The van der Waals surface area contributed by atoms with E-state index >= 15 is 0 Å². The number of rotatable bonds is 9. The minimum atomic E-state index is -4.10. The molecule has 32 heavy (non-hydrogen) atoms. The topological polar surface area (TPSA) is 137 Å². The van der Waals surface area contributed by atoms with Gasteiger partial charge in [-0.05, 0) is 42.3 Å². The number of carbonyl (C=O) groups is 2. The number of hydrogen-bond donors (Lipinski definition) is 2. The quantitative estimate of drug-likeness (QED) is 0.447. The van der Waals surface area contributed by atoms with Crippen LogP contribution in [0.2, 0.25) is 0 Å². The molecular formula is C20H22N4O6S2. The van der Waals surface area contributed by atoms with Gasteiger partial charge in [0.2, 0.25) is 10.0 Å². The summed E-state index contributed by atoms with van der Waals surface area (Å²) in [6.07, 6.45) is 0. The summed E-state index contributed by atoms with van der Waals surface area (Å²) in [6, 6.07) is 9.99. The van der Waals surface area contributed by atoms with Crippen molar-refractivity contribution >= 4 is 50.3 Å². The van der Waals surface area contributed by atoms with Crippen LogP contribution in [0, 0.1) is 5.92 Å². The lowest BCUT2D eigenvalue weighted by molar-refractivity contribution is -0.150. The highest BCUT2D eigenvalue weighted by atomic mass is 32.2. The molecule has 2 N–H and O–H groups in total. The number of anilines is 1. The van der Waals surface area contributed by atoms with Crippen molar-refractivity contribution in [3.8, 4) is 5.75 Å². The van der Waals surface area contributed by atoms with Crippen LogP contribution >= 0.6 is 11.7 Å². The number of benzene rings is 2. The summed E-state index contributed by atoms with van der Waals surface area (Å²) in [5.41, 5.74) is 1.16. The second-order valence-electron chi connectivity index (χ2n) is 7.12. The summed E-state index contributed by atoms with van der Waals surface area (Å²) >= 11 is 0.893. The number of aromatic nitrogens is 2. The lowest BCUT2D eigenvalue weighted by atomic mass is 10.1. The van der Waals surface area contributed by atoms with Crippen molar-refractivity contribution in [2.45, 2.75) is 24.8 Å². The number of carbonyl (C=O) groups excluding carboxylic acids is 2. The van der Waals surface area contributed by atoms with Crippen LogP contribution in [-0.4, -0.2) is 48.8 Å². The normalized spacial score (nSPS) is 12.5. The first-order valence-corrected chi connectivity index (χ1v) is 11.8. The third-order valence-corrected chi connectivity index (χ3v) is 6.48. The number of nitrogens with zero attached hydrogens (tertiary/aromatic N) is 2. The average molecular weight is 479 g/mol. The molecule has 12 heteroatoms. The van der Waals surface area contributed by atoms with Crippen LogP contribution in [0.4, 0.5) is 5.69 Å². The van der Waals surface area contributed by atoms with Crippen LogP contribution in [0.5, 0.6) is 5.75 Å². The van der Waals surface area contributed by atoms with Crippen LogP contribution in [0.25, 0.3) is 11.0 Å². The Labute approximate surface area is 189 Å². The fourth-order valence-electron chi connectivity index (χ4n) is 2.78. The molecule has 1 atom stereocenters. The summed E-state index contributed by atoms with van der Waals surface area (Å²) < 4.78 is 46.4. The smallest absolute Gasteiger partial charge is 0.324 e. The molecule has 1 aromatic heterocycles. The van der Waals surface area contributed by atoms with E-state index in [1.54, 1.807) is 50.2 Å². The van der Waals surface area contributed by atoms with Gasteiger partial charge in [-0.2, -0.15) is 13.5 Å². The van der Waals surface area contributed by atoms with Gasteiger partial charge >= 0.3 is 5.97 Å². The molecule has 2 aromatic carbocycles. The first-order chi connectivity index (χ1) is 15.2. The van der Waals surface area contributed by atoms with E-state index in [4.69, 9.17) is 9.47 Å². The number of nitrogens with one attached hydrogen (secondary N) is 2. The Hall–Kier alpha value is -3.09. The number of hydrogen-bond acceptors (Lipinski definition) is 9. The van der Waals surface area contributed by atoms with Gasteiger partial charge in [0.25, 0.3) is 5.91 Å². The molecule has 0 unspecified atom stereocenters. The van der Waals surface area contributed by atoms with E-state index in [0.29, 0.717) is 17.0 Å². The molecule has 0 bridgehead atoms. The zero-order valence-electron chi connectivity index (χ0n) is 17.6. The molecule has 170 valence electrons. The van der Waals surface area contributed by atoms with Gasteiger partial charge in [-0.15, -0.1) is 0 Å². The largest absolute Gasteiger partial charge is 0.497 e. The molecule has 1 amide bonds. The standard InChI is InChI=1S/C20H22N4O6S2/c1-12(2)18(24-32(27,28)16-6-4-5-15-19(16)23-31-22-15)20(26)30-11-17(25)21-13-7-9-14(29-3)10-8-13/h4-10,12,18,24H,11H2,1-3H3,(H,21,25)/t18-/m1/s1. The fraction of sp³-hybridized carbons (Fsp3) is 0.300. The first-order valence-electron chi connectivity index (χ1n) is 9.55. The third kappa shape index (κ3) is 5.58. The highest BCUT2D eigenvalue weighted by Crippen LogP contribution is 2.22. The van der Waals surface area contributed by atoms with E-state index in [2.05, 4.69) is 18.8 Å². The number of sulfonamides is 1. The Morgan fingerprint density at radius 1 is 1.09 bits per heavy atom. The summed E-state index contributed by atoms with van der Waals surface area (Å²) in [4.78, 5) is 24.6. The van der Waals surface area contributed by atoms with E-state index < -0.39 is 40.5 Å². The Balaban J connectivity index is 1.65. The molecule has 0 saturated carbocycles. The van der Waals surface area contributed by atoms with Crippen molar-refractivity contribution in [2.75, 3.05) is 19.0 Å². The Morgan fingerprint density at radius 3 is 2.47 bits per heavy atom.